The summed E-state index contributed by atoms with van der Waals surface area (Å²) in [5.41, 5.74) is 8.89. The lowest BCUT2D eigenvalue weighted by molar-refractivity contribution is 0.103. The molecule has 0 amide bonds. The topological polar surface area (TPSA) is 43.1 Å². The van der Waals surface area contributed by atoms with Crippen molar-refractivity contribution in [3.05, 3.63) is 64.5 Å². The second kappa shape index (κ2) is 5.87. The van der Waals surface area contributed by atoms with Crippen molar-refractivity contribution in [2.45, 2.75) is 26.7 Å². The minimum atomic E-state index is -0.540. The first-order chi connectivity index (χ1) is 9.56. The molecule has 20 heavy (non-hydrogen) atoms. The van der Waals surface area contributed by atoms with Crippen molar-refractivity contribution in [2.75, 3.05) is 5.73 Å². The Hall–Kier alpha value is -2.16. The van der Waals surface area contributed by atoms with Crippen molar-refractivity contribution in [3.63, 3.8) is 0 Å². The lowest BCUT2D eigenvalue weighted by Crippen LogP contribution is -2.06. The Morgan fingerprint density at radius 1 is 1.05 bits per heavy atom. The number of carbonyl (C=O) groups is 1. The Bertz CT molecular complexity index is 649. The van der Waals surface area contributed by atoms with Crippen LogP contribution in [0, 0.1) is 5.82 Å². The number of anilines is 1. The van der Waals surface area contributed by atoms with Crippen molar-refractivity contribution in [1.29, 1.82) is 0 Å². The number of rotatable bonds is 4. The lowest BCUT2D eigenvalue weighted by Gasteiger charge is -2.09. The Kier molecular flexibility index (Phi) is 4.18. The summed E-state index contributed by atoms with van der Waals surface area (Å²) < 4.78 is 13.8. The van der Waals surface area contributed by atoms with Crippen LogP contribution in [0.1, 0.15) is 40.9 Å². The number of halogens is 1. The number of hydrogen-bond donors (Lipinski definition) is 1. The maximum Gasteiger partial charge on any atom is 0.196 e. The van der Waals surface area contributed by atoms with E-state index in [9.17, 15) is 9.18 Å². The fraction of sp³-hybridized carbons (Fsp3) is 0.235. The number of carbonyl (C=O) groups excluding carboxylic acids is 1. The third-order valence-corrected chi connectivity index (χ3v) is 3.47. The van der Waals surface area contributed by atoms with Crippen LogP contribution in [0.3, 0.4) is 0 Å². The molecule has 0 fully saturated rings. The van der Waals surface area contributed by atoms with Crippen molar-refractivity contribution in [1.82, 2.24) is 0 Å². The summed E-state index contributed by atoms with van der Waals surface area (Å²) in [6.45, 7) is 4.12. The van der Waals surface area contributed by atoms with E-state index in [1.807, 2.05) is 19.1 Å². The highest BCUT2D eigenvalue weighted by molar-refractivity contribution is 6.09. The molecule has 0 radical (unpaired) electrons. The van der Waals surface area contributed by atoms with Gasteiger partial charge in [-0.25, -0.2) is 4.39 Å². The standard InChI is InChI=1S/C17H18FNO/c1-3-11-5-6-13(9-12(11)4-2)17(20)15-10-14(19)7-8-16(15)18/h5-10H,3-4,19H2,1-2H3. The molecule has 0 aromatic heterocycles. The maximum atomic E-state index is 13.8. The fourth-order valence-electron chi connectivity index (χ4n) is 2.31. The third-order valence-electron chi connectivity index (χ3n) is 3.47. The fourth-order valence-corrected chi connectivity index (χ4v) is 2.31. The van der Waals surface area contributed by atoms with E-state index >= 15 is 0 Å². The Balaban J connectivity index is 2.45. The lowest BCUT2D eigenvalue weighted by atomic mass is 9.95. The summed E-state index contributed by atoms with van der Waals surface area (Å²) in [4.78, 5) is 12.4. The Labute approximate surface area is 118 Å². The van der Waals surface area contributed by atoms with Gasteiger partial charge in [-0.2, -0.15) is 0 Å². The zero-order chi connectivity index (χ0) is 14.7. The third kappa shape index (κ3) is 2.72. The highest BCUT2D eigenvalue weighted by Gasteiger charge is 2.15. The SMILES string of the molecule is CCc1ccc(C(=O)c2cc(N)ccc2F)cc1CC. The molecular formula is C17H18FNO. The van der Waals surface area contributed by atoms with E-state index in [1.165, 1.54) is 23.8 Å². The minimum Gasteiger partial charge on any atom is -0.399 e. The summed E-state index contributed by atoms with van der Waals surface area (Å²) in [7, 11) is 0. The van der Waals surface area contributed by atoms with Gasteiger partial charge in [-0.15, -0.1) is 0 Å². The van der Waals surface area contributed by atoms with Crippen molar-refractivity contribution in [3.8, 4) is 0 Å². The Morgan fingerprint density at radius 2 is 1.75 bits per heavy atom. The van der Waals surface area contributed by atoms with Gasteiger partial charge in [0, 0.05) is 11.3 Å². The van der Waals surface area contributed by atoms with E-state index < -0.39 is 5.82 Å². The van der Waals surface area contributed by atoms with Gasteiger partial charge in [0.05, 0.1) is 5.56 Å². The monoisotopic (exact) mass is 271 g/mol. The molecule has 2 rings (SSSR count). The molecule has 0 aliphatic heterocycles. The molecule has 2 aromatic carbocycles. The van der Waals surface area contributed by atoms with Crippen LogP contribution in [0.25, 0.3) is 0 Å². The predicted molar refractivity (Wildman–Crippen MR) is 79.4 cm³/mol. The largest absolute Gasteiger partial charge is 0.399 e. The van der Waals surface area contributed by atoms with Gasteiger partial charge < -0.3 is 5.73 Å². The van der Waals surface area contributed by atoms with Crippen molar-refractivity contribution in [2.24, 2.45) is 0 Å². The van der Waals surface area contributed by atoms with Gasteiger partial charge in [-0.05, 0) is 48.2 Å². The van der Waals surface area contributed by atoms with Crippen LogP contribution in [-0.2, 0) is 12.8 Å². The van der Waals surface area contributed by atoms with Crippen LogP contribution in [0.15, 0.2) is 36.4 Å². The normalized spacial score (nSPS) is 10.6. The Morgan fingerprint density at radius 3 is 2.40 bits per heavy atom. The molecule has 0 unspecified atom stereocenters. The molecule has 0 saturated heterocycles. The number of hydrogen-bond acceptors (Lipinski definition) is 2. The summed E-state index contributed by atoms with van der Waals surface area (Å²) in [6, 6.07) is 9.60. The summed E-state index contributed by atoms with van der Waals surface area (Å²) in [5, 5.41) is 0. The van der Waals surface area contributed by atoms with Gasteiger partial charge in [0.25, 0.3) is 0 Å². The quantitative estimate of drug-likeness (QED) is 0.679. The zero-order valence-electron chi connectivity index (χ0n) is 11.7. The van der Waals surface area contributed by atoms with E-state index in [2.05, 4.69) is 6.92 Å². The van der Waals surface area contributed by atoms with E-state index in [0.29, 0.717) is 11.3 Å². The van der Waals surface area contributed by atoms with Gasteiger partial charge in [0.1, 0.15) is 5.82 Å². The van der Waals surface area contributed by atoms with Crippen LogP contribution < -0.4 is 5.73 Å². The number of nitrogen functional groups attached to an aromatic ring is 1. The minimum absolute atomic E-state index is 0.0244. The average Bonchev–Trinajstić information content (AvgIpc) is 2.48. The molecule has 2 nitrogen and oxygen atoms in total. The summed E-state index contributed by atoms with van der Waals surface area (Å²) in [5.74, 6) is -0.867. The first kappa shape index (κ1) is 14.3. The molecule has 0 atom stereocenters. The first-order valence-corrected chi connectivity index (χ1v) is 6.78. The van der Waals surface area contributed by atoms with Crippen molar-refractivity contribution >= 4 is 11.5 Å². The molecule has 2 aromatic rings. The van der Waals surface area contributed by atoms with Gasteiger partial charge in [0.15, 0.2) is 5.78 Å². The van der Waals surface area contributed by atoms with Crippen LogP contribution in [0.2, 0.25) is 0 Å². The second-order valence-corrected chi connectivity index (χ2v) is 4.76. The van der Waals surface area contributed by atoms with Gasteiger partial charge in [-0.3, -0.25) is 4.79 Å². The van der Waals surface area contributed by atoms with Crippen LogP contribution in [0.4, 0.5) is 10.1 Å². The molecule has 0 bridgehead atoms. The summed E-state index contributed by atoms with van der Waals surface area (Å²) in [6.07, 6.45) is 1.77. The van der Waals surface area contributed by atoms with E-state index in [1.54, 1.807) is 6.07 Å². The van der Waals surface area contributed by atoms with E-state index in [-0.39, 0.29) is 11.3 Å². The van der Waals surface area contributed by atoms with Crippen LogP contribution in [-0.4, -0.2) is 5.78 Å². The molecule has 104 valence electrons. The summed E-state index contributed by atoms with van der Waals surface area (Å²) >= 11 is 0. The number of nitrogens with two attached hydrogens (primary N) is 1. The molecule has 0 aliphatic carbocycles. The van der Waals surface area contributed by atoms with Gasteiger partial charge >= 0.3 is 0 Å². The molecule has 0 spiro atoms. The smallest absolute Gasteiger partial charge is 0.196 e. The average molecular weight is 271 g/mol. The van der Waals surface area contributed by atoms with Crippen LogP contribution >= 0.6 is 0 Å². The second-order valence-electron chi connectivity index (χ2n) is 4.76. The number of ketones is 1. The maximum absolute atomic E-state index is 13.8. The van der Waals surface area contributed by atoms with Gasteiger partial charge in [0.2, 0.25) is 0 Å². The van der Waals surface area contributed by atoms with Gasteiger partial charge in [-0.1, -0.05) is 26.0 Å². The predicted octanol–water partition coefficient (Wildman–Crippen LogP) is 3.76. The number of aryl methyl sites for hydroxylation is 2. The zero-order valence-corrected chi connectivity index (χ0v) is 11.7. The van der Waals surface area contributed by atoms with E-state index in [4.69, 9.17) is 5.73 Å². The molecule has 3 heteroatoms. The molecule has 0 heterocycles. The highest BCUT2D eigenvalue weighted by atomic mass is 19.1. The highest BCUT2D eigenvalue weighted by Crippen LogP contribution is 2.20. The van der Waals surface area contributed by atoms with E-state index in [0.717, 1.165) is 18.4 Å². The molecule has 0 aliphatic rings. The molecular weight excluding hydrogens is 253 g/mol. The first-order valence-electron chi connectivity index (χ1n) is 6.78. The molecule has 0 saturated carbocycles. The molecule has 2 N–H and O–H groups in total. The van der Waals surface area contributed by atoms with Crippen molar-refractivity contribution < 1.29 is 9.18 Å². The number of benzene rings is 2. The van der Waals surface area contributed by atoms with Crippen LogP contribution in [0.5, 0.6) is 0 Å².